The summed E-state index contributed by atoms with van der Waals surface area (Å²) in [4.78, 5) is 12.2. The van der Waals surface area contributed by atoms with Crippen molar-refractivity contribution in [3.63, 3.8) is 0 Å². The second-order valence-corrected chi connectivity index (χ2v) is 5.43. The van der Waals surface area contributed by atoms with Crippen molar-refractivity contribution in [2.45, 2.75) is 13.3 Å². The lowest BCUT2D eigenvalue weighted by Gasteiger charge is -2.10. The zero-order chi connectivity index (χ0) is 17.0. The lowest BCUT2D eigenvalue weighted by Crippen LogP contribution is -2.26. The fourth-order valence-corrected chi connectivity index (χ4v) is 2.59. The molecule has 0 atom stereocenters. The molecule has 2 aromatic rings. The van der Waals surface area contributed by atoms with Gasteiger partial charge in [-0.3, -0.25) is 9.48 Å². The lowest BCUT2D eigenvalue weighted by molar-refractivity contribution is 0.0953. The average molecular weight is 338 g/mol. The number of nitrogens with one attached hydrogen (secondary N) is 1. The number of hydrogen-bond donors (Lipinski definition) is 1. The first-order valence-corrected chi connectivity index (χ1v) is 7.54. The maximum Gasteiger partial charge on any atom is 0.256 e. The molecule has 7 heteroatoms. The molecule has 2 rings (SSSR count). The number of hydrogen-bond acceptors (Lipinski definition) is 4. The smallest absolute Gasteiger partial charge is 0.256 e. The van der Waals surface area contributed by atoms with Gasteiger partial charge in [-0.15, -0.1) is 0 Å². The first kappa shape index (κ1) is 17.1. The minimum atomic E-state index is -0.221. The van der Waals surface area contributed by atoms with E-state index in [9.17, 15) is 4.79 Å². The molecule has 0 radical (unpaired) electrons. The first-order valence-electron chi connectivity index (χ1n) is 7.16. The van der Waals surface area contributed by atoms with Gasteiger partial charge in [0.05, 0.1) is 25.5 Å². The van der Waals surface area contributed by atoms with Crippen LogP contribution >= 0.6 is 11.6 Å². The normalized spacial score (nSPS) is 10.5. The molecule has 124 valence electrons. The summed E-state index contributed by atoms with van der Waals surface area (Å²) in [5.74, 6) is 1.13. The Hall–Kier alpha value is -2.21. The first-order chi connectivity index (χ1) is 11.0. The molecule has 1 amide bonds. The van der Waals surface area contributed by atoms with Crippen LogP contribution in [0.25, 0.3) is 0 Å². The van der Waals surface area contributed by atoms with Crippen molar-refractivity contribution in [1.29, 1.82) is 0 Å². The standard InChI is InChI=1S/C16H20ClN3O3/c1-10-14(15(17)20(2)19-10)16(21)18-8-7-11-5-6-12(22-3)13(9-11)23-4/h5-6,9H,7-8H2,1-4H3,(H,18,21). The molecule has 0 fully saturated rings. The Labute approximate surface area is 140 Å². The minimum absolute atomic E-state index is 0.221. The van der Waals surface area contributed by atoms with Crippen molar-refractivity contribution >= 4 is 17.5 Å². The highest BCUT2D eigenvalue weighted by molar-refractivity contribution is 6.33. The van der Waals surface area contributed by atoms with Crippen LogP contribution in [0.2, 0.25) is 5.15 Å². The van der Waals surface area contributed by atoms with E-state index in [1.54, 1.807) is 28.2 Å². The Morgan fingerprint density at radius 3 is 2.57 bits per heavy atom. The van der Waals surface area contributed by atoms with Crippen LogP contribution in [-0.4, -0.2) is 36.5 Å². The molecule has 0 unspecified atom stereocenters. The largest absolute Gasteiger partial charge is 0.493 e. The van der Waals surface area contributed by atoms with Gasteiger partial charge in [-0.1, -0.05) is 17.7 Å². The van der Waals surface area contributed by atoms with E-state index >= 15 is 0 Å². The van der Waals surface area contributed by atoms with E-state index in [0.29, 0.717) is 40.9 Å². The highest BCUT2D eigenvalue weighted by atomic mass is 35.5. The highest BCUT2D eigenvalue weighted by Crippen LogP contribution is 2.27. The minimum Gasteiger partial charge on any atom is -0.493 e. The van der Waals surface area contributed by atoms with Gasteiger partial charge >= 0.3 is 0 Å². The van der Waals surface area contributed by atoms with Crippen molar-refractivity contribution in [2.75, 3.05) is 20.8 Å². The number of benzene rings is 1. The van der Waals surface area contributed by atoms with Crippen LogP contribution in [0.4, 0.5) is 0 Å². The number of amides is 1. The predicted molar refractivity (Wildman–Crippen MR) is 88.5 cm³/mol. The van der Waals surface area contributed by atoms with Crippen LogP contribution in [-0.2, 0) is 13.5 Å². The van der Waals surface area contributed by atoms with Crippen LogP contribution in [0, 0.1) is 6.92 Å². The fraction of sp³-hybridized carbons (Fsp3) is 0.375. The Bertz CT molecular complexity index is 713. The quantitative estimate of drug-likeness (QED) is 0.879. The third-order valence-corrected chi connectivity index (χ3v) is 3.96. The van der Waals surface area contributed by atoms with Gasteiger partial charge in [0.15, 0.2) is 11.5 Å². The molecule has 0 aliphatic rings. The van der Waals surface area contributed by atoms with E-state index in [4.69, 9.17) is 21.1 Å². The summed E-state index contributed by atoms with van der Waals surface area (Å²) < 4.78 is 12.0. The van der Waals surface area contributed by atoms with Gasteiger partial charge in [-0.25, -0.2) is 0 Å². The van der Waals surface area contributed by atoms with Crippen molar-refractivity contribution in [2.24, 2.45) is 7.05 Å². The van der Waals surface area contributed by atoms with Crippen molar-refractivity contribution < 1.29 is 14.3 Å². The van der Waals surface area contributed by atoms with E-state index in [1.807, 2.05) is 18.2 Å². The zero-order valence-corrected chi connectivity index (χ0v) is 14.4. The molecule has 0 spiro atoms. The molecular weight excluding hydrogens is 318 g/mol. The Kier molecular flexibility index (Phi) is 5.50. The molecule has 6 nitrogen and oxygen atoms in total. The molecule has 0 saturated carbocycles. The molecule has 1 aromatic heterocycles. The van der Waals surface area contributed by atoms with Crippen LogP contribution in [0.5, 0.6) is 11.5 Å². The molecule has 1 aromatic carbocycles. The second kappa shape index (κ2) is 7.37. The van der Waals surface area contributed by atoms with Gasteiger partial charge in [-0.2, -0.15) is 5.10 Å². The summed E-state index contributed by atoms with van der Waals surface area (Å²) in [6, 6.07) is 5.68. The molecular formula is C16H20ClN3O3. The summed E-state index contributed by atoms with van der Waals surface area (Å²) in [5, 5.41) is 7.33. The van der Waals surface area contributed by atoms with Crippen LogP contribution < -0.4 is 14.8 Å². The van der Waals surface area contributed by atoms with E-state index < -0.39 is 0 Å². The summed E-state index contributed by atoms with van der Waals surface area (Å²) in [6.45, 7) is 2.24. The molecule has 1 heterocycles. The Morgan fingerprint density at radius 2 is 2.00 bits per heavy atom. The highest BCUT2D eigenvalue weighted by Gasteiger charge is 2.18. The second-order valence-electron chi connectivity index (χ2n) is 5.07. The van der Waals surface area contributed by atoms with Crippen molar-refractivity contribution in [3.05, 3.63) is 40.2 Å². The van der Waals surface area contributed by atoms with Gasteiger partial charge in [-0.05, 0) is 31.0 Å². The number of aromatic nitrogens is 2. The number of nitrogens with zero attached hydrogens (tertiary/aromatic N) is 2. The van der Waals surface area contributed by atoms with Crippen LogP contribution in [0.15, 0.2) is 18.2 Å². The fourth-order valence-electron chi connectivity index (χ4n) is 2.33. The molecule has 0 aliphatic heterocycles. The molecule has 1 N–H and O–H groups in total. The number of ether oxygens (including phenoxy) is 2. The van der Waals surface area contributed by atoms with Gasteiger partial charge in [0.2, 0.25) is 0 Å². The third kappa shape index (κ3) is 3.76. The number of halogens is 1. The maximum absolute atomic E-state index is 12.2. The summed E-state index contributed by atoms with van der Waals surface area (Å²) >= 11 is 6.09. The monoisotopic (exact) mass is 337 g/mol. The van der Waals surface area contributed by atoms with Gasteiger partial charge < -0.3 is 14.8 Å². The molecule has 23 heavy (non-hydrogen) atoms. The average Bonchev–Trinajstić information content (AvgIpc) is 2.79. The van der Waals surface area contributed by atoms with Crippen LogP contribution in [0.3, 0.4) is 0 Å². The number of carbonyl (C=O) groups excluding carboxylic acids is 1. The van der Waals surface area contributed by atoms with Gasteiger partial charge in [0, 0.05) is 13.6 Å². The number of rotatable bonds is 6. The number of carbonyl (C=O) groups is 1. The van der Waals surface area contributed by atoms with Gasteiger partial charge in [0.25, 0.3) is 5.91 Å². The predicted octanol–water partition coefficient (Wildman–Crippen LogP) is 2.37. The van der Waals surface area contributed by atoms with Crippen molar-refractivity contribution in [1.82, 2.24) is 15.1 Å². The molecule has 0 aliphatic carbocycles. The zero-order valence-electron chi connectivity index (χ0n) is 13.6. The topological polar surface area (TPSA) is 65.4 Å². The summed E-state index contributed by atoms with van der Waals surface area (Å²) in [5.41, 5.74) is 2.07. The van der Waals surface area contributed by atoms with E-state index in [-0.39, 0.29) is 5.91 Å². The van der Waals surface area contributed by atoms with Crippen molar-refractivity contribution in [3.8, 4) is 11.5 Å². The number of aryl methyl sites for hydroxylation is 2. The SMILES string of the molecule is COc1ccc(CCNC(=O)c2c(C)nn(C)c2Cl)cc1OC. The lowest BCUT2D eigenvalue weighted by atomic mass is 10.1. The maximum atomic E-state index is 12.2. The van der Waals surface area contributed by atoms with Gasteiger partial charge in [0.1, 0.15) is 5.15 Å². The van der Waals surface area contributed by atoms with E-state index in [1.165, 1.54) is 4.68 Å². The van der Waals surface area contributed by atoms with E-state index in [2.05, 4.69) is 10.4 Å². The molecule has 0 bridgehead atoms. The summed E-state index contributed by atoms with van der Waals surface area (Å²) in [6.07, 6.45) is 0.670. The molecule has 0 saturated heterocycles. The van der Waals surface area contributed by atoms with E-state index in [0.717, 1.165) is 5.56 Å². The summed E-state index contributed by atoms with van der Waals surface area (Å²) in [7, 11) is 4.89. The Balaban J connectivity index is 1.98. The third-order valence-electron chi connectivity index (χ3n) is 3.53. The van der Waals surface area contributed by atoms with Crippen LogP contribution in [0.1, 0.15) is 21.6 Å². The Morgan fingerprint density at radius 1 is 1.30 bits per heavy atom. The number of methoxy groups -OCH3 is 2.